The van der Waals surface area contributed by atoms with Crippen molar-refractivity contribution in [2.24, 2.45) is 0 Å². The molecule has 3 rings (SSSR count). The van der Waals surface area contributed by atoms with E-state index in [4.69, 9.17) is 0 Å². The Labute approximate surface area is 138 Å². The second kappa shape index (κ2) is 7.87. The molecule has 5 nitrogen and oxygen atoms in total. The summed E-state index contributed by atoms with van der Waals surface area (Å²) >= 11 is 1.51. The second-order valence-electron chi connectivity index (χ2n) is 3.97. The summed E-state index contributed by atoms with van der Waals surface area (Å²) in [7, 11) is 0. The molecule has 0 amide bonds. The molecule has 0 aliphatic carbocycles. The molecule has 0 bridgehead atoms. The standard InChI is InChI=1S/C13H11N5S.2ClH/c1-9-2-3-12(16-6-9)18-13-17-11(8-19-13)10-7-14-4-5-15-10;;/h2-8H,1H3,(H,16,17,18);2*1H. The van der Waals surface area contributed by atoms with Gasteiger partial charge >= 0.3 is 0 Å². The van der Waals surface area contributed by atoms with Crippen molar-refractivity contribution in [2.45, 2.75) is 6.92 Å². The number of nitrogens with zero attached hydrogens (tertiary/aromatic N) is 4. The summed E-state index contributed by atoms with van der Waals surface area (Å²) < 4.78 is 0. The lowest BCUT2D eigenvalue weighted by atomic mass is 10.3. The molecule has 0 aromatic carbocycles. The smallest absolute Gasteiger partial charge is 0.188 e. The predicted octanol–water partition coefficient (Wildman–Crippen LogP) is 3.89. The molecule has 0 spiro atoms. The molecule has 21 heavy (non-hydrogen) atoms. The van der Waals surface area contributed by atoms with E-state index in [1.165, 1.54) is 11.3 Å². The Morgan fingerprint density at radius 2 is 1.86 bits per heavy atom. The summed E-state index contributed by atoms with van der Waals surface area (Å²) in [6.45, 7) is 2.01. The van der Waals surface area contributed by atoms with Crippen LogP contribution >= 0.6 is 36.2 Å². The minimum Gasteiger partial charge on any atom is -0.316 e. The van der Waals surface area contributed by atoms with Gasteiger partial charge in [-0.15, -0.1) is 36.2 Å². The van der Waals surface area contributed by atoms with E-state index in [1.54, 1.807) is 18.6 Å². The van der Waals surface area contributed by atoms with Gasteiger partial charge in [-0.25, -0.2) is 9.97 Å². The van der Waals surface area contributed by atoms with Crippen molar-refractivity contribution in [2.75, 3.05) is 5.32 Å². The topological polar surface area (TPSA) is 63.6 Å². The average Bonchev–Trinajstić information content (AvgIpc) is 2.91. The van der Waals surface area contributed by atoms with Crippen LogP contribution in [0.3, 0.4) is 0 Å². The van der Waals surface area contributed by atoms with Crippen molar-refractivity contribution in [1.29, 1.82) is 0 Å². The van der Waals surface area contributed by atoms with Gasteiger partial charge in [-0.05, 0) is 18.6 Å². The van der Waals surface area contributed by atoms with Gasteiger partial charge in [0.2, 0.25) is 0 Å². The van der Waals surface area contributed by atoms with Crippen LogP contribution in [0.15, 0.2) is 42.3 Å². The fraction of sp³-hybridized carbons (Fsp3) is 0.0769. The highest BCUT2D eigenvalue weighted by Gasteiger charge is 2.06. The summed E-state index contributed by atoms with van der Waals surface area (Å²) in [4.78, 5) is 17.0. The summed E-state index contributed by atoms with van der Waals surface area (Å²) in [5, 5.41) is 5.90. The Morgan fingerprint density at radius 1 is 1.00 bits per heavy atom. The van der Waals surface area contributed by atoms with Crippen molar-refractivity contribution in [3.05, 3.63) is 47.9 Å². The molecule has 0 unspecified atom stereocenters. The molecule has 0 fully saturated rings. The number of hydrogen-bond acceptors (Lipinski definition) is 6. The van der Waals surface area contributed by atoms with Gasteiger partial charge in [0.1, 0.15) is 17.2 Å². The molecular formula is C13H13Cl2N5S. The van der Waals surface area contributed by atoms with Gasteiger partial charge in [-0.3, -0.25) is 9.97 Å². The van der Waals surface area contributed by atoms with Crippen LogP contribution in [0.5, 0.6) is 0 Å². The van der Waals surface area contributed by atoms with Gasteiger partial charge in [0.15, 0.2) is 5.13 Å². The number of rotatable bonds is 3. The Bertz CT molecular complexity index is 673. The molecule has 3 aromatic heterocycles. The maximum Gasteiger partial charge on any atom is 0.188 e. The van der Waals surface area contributed by atoms with Gasteiger partial charge in [0.05, 0.1) is 6.20 Å². The Kier molecular flexibility index (Phi) is 6.48. The number of hydrogen-bond donors (Lipinski definition) is 1. The van der Waals surface area contributed by atoms with E-state index in [1.807, 2.05) is 30.6 Å². The van der Waals surface area contributed by atoms with Crippen molar-refractivity contribution < 1.29 is 0 Å². The van der Waals surface area contributed by atoms with E-state index in [-0.39, 0.29) is 24.8 Å². The number of aromatic nitrogens is 4. The van der Waals surface area contributed by atoms with Crippen molar-refractivity contribution >= 4 is 47.1 Å². The van der Waals surface area contributed by atoms with Gasteiger partial charge in [0, 0.05) is 24.0 Å². The second-order valence-corrected chi connectivity index (χ2v) is 4.83. The van der Waals surface area contributed by atoms with E-state index < -0.39 is 0 Å². The lowest BCUT2D eigenvalue weighted by Crippen LogP contribution is -1.93. The van der Waals surface area contributed by atoms with Crippen molar-refractivity contribution in [1.82, 2.24) is 19.9 Å². The fourth-order valence-electron chi connectivity index (χ4n) is 1.53. The highest BCUT2D eigenvalue weighted by Crippen LogP contribution is 2.24. The zero-order valence-corrected chi connectivity index (χ0v) is 13.5. The van der Waals surface area contributed by atoms with Gasteiger partial charge < -0.3 is 5.32 Å². The van der Waals surface area contributed by atoms with Crippen LogP contribution in [0.4, 0.5) is 10.9 Å². The average molecular weight is 342 g/mol. The predicted molar refractivity (Wildman–Crippen MR) is 89.9 cm³/mol. The lowest BCUT2D eigenvalue weighted by Gasteiger charge is -2.01. The number of aryl methyl sites for hydroxylation is 1. The first-order valence-corrected chi connectivity index (χ1v) is 6.61. The Balaban J connectivity index is 0.00000110. The number of thiazole rings is 1. The van der Waals surface area contributed by atoms with Crippen LogP contribution in [0.25, 0.3) is 11.4 Å². The summed E-state index contributed by atoms with van der Waals surface area (Å²) in [5.41, 5.74) is 2.71. The molecule has 0 saturated carbocycles. The zero-order chi connectivity index (χ0) is 13.1. The monoisotopic (exact) mass is 341 g/mol. The third-order valence-corrected chi connectivity index (χ3v) is 3.23. The summed E-state index contributed by atoms with van der Waals surface area (Å²) in [6, 6.07) is 3.94. The first-order chi connectivity index (χ1) is 9.31. The van der Waals surface area contributed by atoms with Crippen LogP contribution in [0.2, 0.25) is 0 Å². The molecule has 110 valence electrons. The molecule has 3 aromatic rings. The normalized spacial score (nSPS) is 9.38. The highest BCUT2D eigenvalue weighted by molar-refractivity contribution is 7.14. The van der Waals surface area contributed by atoms with E-state index >= 15 is 0 Å². The van der Waals surface area contributed by atoms with Crippen molar-refractivity contribution in [3.8, 4) is 11.4 Å². The zero-order valence-electron chi connectivity index (χ0n) is 11.1. The quantitative estimate of drug-likeness (QED) is 0.782. The Hall–Kier alpha value is -1.76. The molecule has 0 radical (unpaired) electrons. The number of anilines is 2. The maximum atomic E-state index is 4.46. The first-order valence-electron chi connectivity index (χ1n) is 5.73. The molecule has 0 aliphatic heterocycles. The fourth-order valence-corrected chi connectivity index (χ4v) is 2.24. The molecule has 3 heterocycles. The van der Waals surface area contributed by atoms with Gasteiger partial charge in [-0.2, -0.15) is 0 Å². The van der Waals surface area contributed by atoms with E-state index in [0.717, 1.165) is 27.9 Å². The minimum atomic E-state index is 0. The Morgan fingerprint density at radius 3 is 2.52 bits per heavy atom. The number of nitrogens with one attached hydrogen (secondary N) is 1. The SMILES string of the molecule is Cc1ccc(Nc2nc(-c3cnccn3)cs2)nc1.Cl.Cl. The lowest BCUT2D eigenvalue weighted by molar-refractivity contribution is 1.18. The highest BCUT2D eigenvalue weighted by atomic mass is 35.5. The molecule has 0 aliphatic rings. The van der Waals surface area contributed by atoms with Crippen LogP contribution in [-0.2, 0) is 0 Å². The third-order valence-electron chi connectivity index (χ3n) is 2.48. The van der Waals surface area contributed by atoms with Crippen LogP contribution in [0, 0.1) is 6.92 Å². The van der Waals surface area contributed by atoms with E-state index in [0.29, 0.717) is 0 Å². The van der Waals surface area contributed by atoms with Crippen LogP contribution in [-0.4, -0.2) is 19.9 Å². The molecule has 0 atom stereocenters. The van der Waals surface area contributed by atoms with E-state index in [9.17, 15) is 0 Å². The molecule has 0 saturated heterocycles. The van der Waals surface area contributed by atoms with Gasteiger partial charge in [0.25, 0.3) is 0 Å². The summed E-state index contributed by atoms with van der Waals surface area (Å²) in [6.07, 6.45) is 6.82. The van der Waals surface area contributed by atoms with Crippen LogP contribution < -0.4 is 5.32 Å². The third kappa shape index (κ3) is 4.35. The van der Waals surface area contributed by atoms with Crippen molar-refractivity contribution in [3.63, 3.8) is 0 Å². The van der Waals surface area contributed by atoms with Gasteiger partial charge in [-0.1, -0.05) is 6.07 Å². The number of halogens is 2. The molecular weight excluding hydrogens is 329 g/mol. The molecule has 1 N–H and O–H groups in total. The first kappa shape index (κ1) is 17.3. The van der Waals surface area contributed by atoms with E-state index in [2.05, 4.69) is 25.3 Å². The molecule has 8 heteroatoms. The number of pyridine rings is 1. The summed E-state index contributed by atoms with van der Waals surface area (Å²) in [5.74, 6) is 0.783. The maximum absolute atomic E-state index is 4.46. The van der Waals surface area contributed by atoms with Crippen LogP contribution in [0.1, 0.15) is 5.56 Å². The largest absolute Gasteiger partial charge is 0.316 e. The minimum absolute atomic E-state index is 0.